The molecule has 3 heteroatoms. The molecule has 1 aromatic heterocycles. The molecule has 0 amide bonds. The Hall–Kier alpha value is -0.410. The summed E-state index contributed by atoms with van der Waals surface area (Å²) >= 11 is 0. The van der Waals surface area contributed by atoms with E-state index in [1.165, 1.54) is 64.2 Å². The number of hydrogen-bond donors (Lipinski definition) is 1. The smallest absolute Gasteiger partial charge is 0.0911 e. The molecule has 25 heavy (non-hydrogen) atoms. The molecule has 0 unspecified atom stereocenters. The Labute approximate surface area is 166 Å². The molecule has 1 N–H and O–H groups in total. The van der Waals surface area contributed by atoms with Gasteiger partial charge >= 0.3 is 0 Å². The van der Waals surface area contributed by atoms with Gasteiger partial charge in [0.25, 0.3) is 0 Å². The van der Waals surface area contributed by atoms with Crippen LogP contribution in [-0.4, -0.2) is 10.1 Å². The molecule has 0 aliphatic rings. The van der Waals surface area contributed by atoms with Crippen LogP contribution in [0.25, 0.3) is 0 Å². The highest BCUT2D eigenvalue weighted by molar-refractivity contribution is 8.93. The van der Waals surface area contributed by atoms with E-state index in [2.05, 4.69) is 18.8 Å². The molecule has 0 aromatic carbocycles. The molecule has 0 saturated heterocycles. The van der Waals surface area contributed by atoms with Gasteiger partial charge < -0.3 is 5.11 Å². The van der Waals surface area contributed by atoms with E-state index >= 15 is 0 Å². The van der Waals surface area contributed by atoms with Crippen LogP contribution in [0.15, 0.2) is 24.5 Å². The monoisotopic (exact) mass is 413 g/mol. The van der Waals surface area contributed by atoms with Crippen molar-refractivity contribution in [3.8, 4) is 0 Å². The molecule has 0 bridgehead atoms. The molecule has 2 nitrogen and oxygen atoms in total. The van der Waals surface area contributed by atoms with Crippen LogP contribution >= 0.6 is 17.0 Å². The Morgan fingerprint density at radius 1 is 0.800 bits per heavy atom. The van der Waals surface area contributed by atoms with Crippen molar-refractivity contribution in [2.75, 3.05) is 0 Å². The van der Waals surface area contributed by atoms with Crippen LogP contribution in [0.2, 0.25) is 0 Å². The highest BCUT2D eigenvalue weighted by atomic mass is 79.9. The van der Waals surface area contributed by atoms with Crippen LogP contribution in [0.1, 0.15) is 109 Å². The minimum atomic E-state index is -0.677. The SMILES string of the molecule is Br.CCCCCCCCC(O)(CCCCCCCC)c1cccnc1. The van der Waals surface area contributed by atoms with Gasteiger partial charge in [-0.1, -0.05) is 97.0 Å². The average Bonchev–Trinajstić information content (AvgIpc) is 2.62. The second-order valence-electron chi connectivity index (χ2n) is 7.31. The number of unbranched alkanes of at least 4 members (excludes halogenated alkanes) is 10. The second-order valence-corrected chi connectivity index (χ2v) is 7.31. The first kappa shape index (κ1) is 24.6. The lowest BCUT2D eigenvalue weighted by molar-refractivity contribution is 0.0129. The normalized spacial score (nSPS) is 11.3. The number of aromatic nitrogens is 1. The van der Waals surface area contributed by atoms with E-state index in [1.807, 2.05) is 18.3 Å². The van der Waals surface area contributed by atoms with E-state index in [4.69, 9.17) is 0 Å². The molecule has 0 atom stereocenters. The topological polar surface area (TPSA) is 33.1 Å². The summed E-state index contributed by atoms with van der Waals surface area (Å²) in [7, 11) is 0. The zero-order chi connectivity index (χ0) is 17.5. The van der Waals surface area contributed by atoms with Crippen molar-refractivity contribution in [2.45, 2.75) is 109 Å². The Kier molecular flexibility index (Phi) is 15.6. The van der Waals surface area contributed by atoms with E-state index in [1.54, 1.807) is 6.20 Å². The van der Waals surface area contributed by atoms with Crippen molar-refractivity contribution >= 4 is 17.0 Å². The molecule has 0 fully saturated rings. The predicted molar refractivity (Wildman–Crippen MR) is 114 cm³/mol. The summed E-state index contributed by atoms with van der Waals surface area (Å²) in [6.45, 7) is 4.50. The fourth-order valence-electron chi connectivity index (χ4n) is 3.45. The van der Waals surface area contributed by atoms with Gasteiger partial charge in [-0.15, -0.1) is 17.0 Å². The third-order valence-corrected chi connectivity index (χ3v) is 5.09. The van der Waals surface area contributed by atoms with Crippen molar-refractivity contribution in [2.24, 2.45) is 0 Å². The van der Waals surface area contributed by atoms with Gasteiger partial charge in [-0.05, 0) is 18.9 Å². The molecule has 1 heterocycles. The van der Waals surface area contributed by atoms with E-state index in [0.717, 1.165) is 31.2 Å². The molecular weight excluding hydrogens is 374 g/mol. The predicted octanol–water partition coefficient (Wildman–Crippen LogP) is 7.35. The zero-order valence-electron chi connectivity index (χ0n) is 16.5. The highest BCUT2D eigenvalue weighted by Crippen LogP contribution is 2.32. The molecule has 0 spiro atoms. The van der Waals surface area contributed by atoms with Crippen molar-refractivity contribution in [3.63, 3.8) is 0 Å². The molecule has 1 rings (SSSR count). The lowest BCUT2D eigenvalue weighted by Crippen LogP contribution is -2.26. The number of aliphatic hydroxyl groups is 1. The van der Waals surface area contributed by atoms with E-state index in [-0.39, 0.29) is 17.0 Å². The van der Waals surface area contributed by atoms with Crippen LogP contribution in [0, 0.1) is 0 Å². The van der Waals surface area contributed by atoms with Crippen LogP contribution in [0.4, 0.5) is 0 Å². The minimum absolute atomic E-state index is 0. The third-order valence-electron chi connectivity index (χ3n) is 5.09. The molecule has 0 aliphatic carbocycles. The van der Waals surface area contributed by atoms with E-state index < -0.39 is 5.60 Å². The summed E-state index contributed by atoms with van der Waals surface area (Å²) in [5.74, 6) is 0. The van der Waals surface area contributed by atoms with Crippen molar-refractivity contribution in [1.29, 1.82) is 0 Å². The standard InChI is InChI=1S/C22H39NO.BrH/c1-3-5-7-9-11-13-17-22(24,21-16-15-19-23-20-21)18-14-12-10-8-6-4-2;/h15-16,19-20,24H,3-14,17-18H2,1-2H3;1H. The Balaban J connectivity index is 0.00000576. The third kappa shape index (κ3) is 11.0. The first-order chi connectivity index (χ1) is 11.7. The number of nitrogens with zero attached hydrogens (tertiary/aromatic N) is 1. The number of hydrogen-bond acceptors (Lipinski definition) is 2. The van der Waals surface area contributed by atoms with E-state index in [9.17, 15) is 5.11 Å². The van der Waals surface area contributed by atoms with Gasteiger partial charge in [0.1, 0.15) is 0 Å². The summed E-state index contributed by atoms with van der Waals surface area (Å²) in [6.07, 6.45) is 20.6. The van der Waals surface area contributed by atoms with Gasteiger partial charge in [-0.3, -0.25) is 4.98 Å². The van der Waals surface area contributed by atoms with Crippen LogP contribution in [-0.2, 0) is 5.60 Å². The minimum Gasteiger partial charge on any atom is -0.385 e. The maximum Gasteiger partial charge on any atom is 0.0911 e. The molecule has 0 saturated carbocycles. The van der Waals surface area contributed by atoms with Crippen LogP contribution in [0.3, 0.4) is 0 Å². The summed E-state index contributed by atoms with van der Waals surface area (Å²) in [4.78, 5) is 4.23. The van der Waals surface area contributed by atoms with E-state index in [0.29, 0.717) is 0 Å². The van der Waals surface area contributed by atoms with Gasteiger partial charge in [-0.2, -0.15) is 0 Å². The lowest BCUT2D eigenvalue weighted by Gasteiger charge is -2.29. The molecule has 146 valence electrons. The van der Waals surface area contributed by atoms with Crippen molar-refractivity contribution < 1.29 is 5.11 Å². The second kappa shape index (κ2) is 15.8. The highest BCUT2D eigenvalue weighted by Gasteiger charge is 2.28. The average molecular weight is 414 g/mol. The first-order valence-electron chi connectivity index (χ1n) is 10.4. The summed E-state index contributed by atoms with van der Waals surface area (Å²) in [5.41, 5.74) is 0.330. The fourth-order valence-corrected chi connectivity index (χ4v) is 3.45. The summed E-state index contributed by atoms with van der Waals surface area (Å²) < 4.78 is 0. The maximum absolute atomic E-state index is 11.2. The molecule has 0 aliphatic heterocycles. The van der Waals surface area contributed by atoms with Crippen molar-refractivity contribution in [1.82, 2.24) is 4.98 Å². The first-order valence-corrected chi connectivity index (χ1v) is 10.4. The summed E-state index contributed by atoms with van der Waals surface area (Å²) in [5, 5.41) is 11.2. The molecule has 1 aromatic rings. The summed E-state index contributed by atoms with van der Waals surface area (Å²) in [6, 6.07) is 3.99. The van der Waals surface area contributed by atoms with Crippen LogP contribution < -0.4 is 0 Å². The van der Waals surface area contributed by atoms with Gasteiger partial charge in [0.05, 0.1) is 5.60 Å². The maximum atomic E-state index is 11.2. The molecule has 0 radical (unpaired) electrons. The lowest BCUT2D eigenvalue weighted by atomic mass is 9.84. The Morgan fingerprint density at radius 3 is 1.72 bits per heavy atom. The Bertz CT molecular complexity index is 380. The number of halogens is 1. The number of rotatable bonds is 15. The van der Waals surface area contributed by atoms with Crippen LogP contribution in [0.5, 0.6) is 0 Å². The largest absolute Gasteiger partial charge is 0.385 e. The number of pyridine rings is 1. The fraction of sp³-hybridized carbons (Fsp3) is 0.773. The van der Waals surface area contributed by atoms with Gasteiger partial charge in [0.15, 0.2) is 0 Å². The van der Waals surface area contributed by atoms with Gasteiger partial charge in [-0.25, -0.2) is 0 Å². The van der Waals surface area contributed by atoms with Gasteiger partial charge in [0, 0.05) is 18.0 Å². The Morgan fingerprint density at radius 2 is 1.28 bits per heavy atom. The zero-order valence-corrected chi connectivity index (χ0v) is 18.2. The quantitative estimate of drug-likeness (QED) is 0.304. The van der Waals surface area contributed by atoms with Gasteiger partial charge in [0.2, 0.25) is 0 Å². The van der Waals surface area contributed by atoms with Crippen molar-refractivity contribution in [3.05, 3.63) is 30.1 Å². The molecular formula is C22H40BrNO.